The Bertz CT molecular complexity index is 471. The summed E-state index contributed by atoms with van der Waals surface area (Å²) in [6.07, 6.45) is -0.573. The van der Waals surface area contributed by atoms with Crippen LogP contribution in [0.25, 0.3) is 0 Å². The van der Waals surface area contributed by atoms with E-state index in [9.17, 15) is 17.6 Å². The number of nitrogens with zero attached hydrogens (tertiary/aromatic N) is 2. The minimum atomic E-state index is -5.06. The molecule has 0 radical (unpaired) electrons. The first-order chi connectivity index (χ1) is 8.46. The average molecular weight is 256 g/mol. The van der Waals surface area contributed by atoms with Crippen molar-refractivity contribution in [3.8, 4) is 0 Å². The van der Waals surface area contributed by atoms with E-state index in [0.717, 1.165) is 49.1 Å². The van der Waals surface area contributed by atoms with Gasteiger partial charge in [-0.3, -0.25) is 9.97 Å². The molecule has 2 aromatic rings. The molecule has 0 fully saturated rings. The van der Waals surface area contributed by atoms with Gasteiger partial charge in [0.15, 0.2) is 0 Å². The van der Waals surface area contributed by atoms with E-state index >= 15 is 0 Å². The summed E-state index contributed by atoms with van der Waals surface area (Å²) >= 11 is 0. The molecule has 0 amide bonds. The molecule has 0 N–H and O–H groups in total. The predicted octanol–water partition coefficient (Wildman–Crippen LogP) is 3.25. The van der Waals surface area contributed by atoms with Gasteiger partial charge in [0.1, 0.15) is 0 Å². The maximum absolute atomic E-state index is 14.6. The second-order valence-electron chi connectivity index (χ2n) is 3.63. The summed E-state index contributed by atoms with van der Waals surface area (Å²) in [4.78, 5) is 7.18. The van der Waals surface area contributed by atoms with E-state index in [1.165, 1.54) is 0 Å². The van der Waals surface area contributed by atoms with Gasteiger partial charge in [0.25, 0.3) is 5.67 Å². The highest BCUT2D eigenvalue weighted by molar-refractivity contribution is 5.36. The molecule has 6 heteroatoms. The topological polar surface area (TPSA) is 25.8 Å². The van der Waals surface area contributed by atoms with Gasteiger partial charge >= 0.3 is 6.18 Å². The van der Waals surface area contributed by atoms with Crippen LogP contribution in [0.15, 0.2) is 49.1 Å². The van der Waals surface area contributed by atoms with E-state index in [0.29, 0.717) is 0 Å². The number of hydrogen-bond donors (Lipinski definition) is 0. The lowest BCUT2D eigenvalue weighted by molar-refractivity contribution is -0.219. The zero-order valence-corrected chi connectivity index (χ0v) is 9.03. The van der Waals surface area contributed by atoms with Crippen LogP contribution in [-0.4, -0.2) is 16.1 Å². The van der Waals surface area contributed by atoms with Gasteiger partial charge in [-0.2, -0.15) is 13.2 Å². The summed E-state index contributed by atoms with van der Waals surface area (Å²) < 4.78 is 53.8. The van der Waals surface area contributed by atoms with Crippen molar-refractivity contribution >= 4 is 0 Å². The monoisotopic (exact) mass is 256 g/mol. The first-order valence-corrected chi connectivity index (χ1v) is 5.03. The molecule has 0 aromatic carbocycles. The first-order valence-electron chi connectivity index (χ1n) is 5.03. The van der Waals surface area contributed by atoms with Crippen LogP contribution in [0.5, 0.6) is 0 Å². The maximum Gasteiger partial charge on any atom is 0.431 e. The molecule has 0 unspecified atom stereocenters. The zero-order chi connectivity index (χ0) is 13.2. The normalized spacial score (nSPS) is 12.4. The van der Waals surface area contributed by atoms with E-state index in [1.54, 1.807) is 0 Å². The van der Waals surface area contributed by atoms with Crippen LogP contribution in [0.3, 0.4) is 0 Å². The Balaban J connectivity index is 2.63. The number of pyridine rings is 2. The van der Waals surface area contributed by atoms with Crippen molar-refractivity contribution in [2.75, 3.05) is 0 Å². The van der Waals surface area contributed by atoms with Gasteiger partial charge in [0.2, 0.25) is 0 Å². The van der Waals surface area contributed by atoms with Gasteiger partial charge < -0.3 is 0 Å². The van der Waals surface area contributed by atoms with Crippen LogP contribution in [0.4, 0.5) is 17.6 Å². The van der Waals surface area contributed by atoms with Gasteiger partial charge in [-0.25, -0.2) is 4.39 Å². The molecule has 18 heavy (non-hydrogen) atoms. The van der Waals surface area contributed by atoms with Crippen LogP contribution in [-0.2, 0) is 5.67 Å². The standard InChI is InChI=1S/C12H8F4N2/c13-11(12(14,15)16,9-1-5-17-6-2-9)10-3-7-18-8-4-10/h1-8H. The van der Waals surface area contributed by atoms with E-state index in [1.807, 2.05) is 0 Å². The fourth-order valence-electron chi connectivity index (χ4n) is 1.66. The Kier molecular flexibility index (Phi) is 3.02. The quantitative estimate of drug-likeness (QED) is 0.771. The second kappa shape index (κ2) is 4.36. The number of rotatable bonds is 2. The van der Waals surface area contributed by atoms with Crippen LogP contribution in [0.2, 0.25) is 0 Å². The lowest BCUT2D eigenvalue weighted by Gasteiger charge is -2.28. The van der Waals surface area contributed by atoms with Crippen molar-refractivity contribution in [1.82, 2.24) is 9.97 Å². The zero-order valence-electron chi connectivity index (χ0n) is 9.03. The van der Waals surface area contributed by atoms with Crippen molar-refractivity contribution in [2.45, 2.75) is 11.8 Å². The molecule has 0 aliphatic carbocycles. The molecular formula is C12H8F4N2. The summed E-state index contributed by atoms with van der Waals surface area (Å²) in [7, 11) is 0. The van der Waals surface area contributed by atoms with E-state index in [2.05, 4.69) is 9.97 Å². The van der Waals surface area contributed by atoms with Gasteiger partial charge in [-0.05, 0) is 24.3 Å². The van der Waals surface area contributed by atoms with Gasteiger partial charge in [-0.15, -0.1) is 0 Å². The van der Waals surface area contributed by atoms with Crippen LogP contribution in [0, 0.1) is 0 Å². The van der Waals surface area contributed by atoms with Crippen LogP contribution >= 0.6 is 0 Å². The van der Waals surface area contributed by atoms with Crippen molar-refractivity contribution in [1.29, 1.82) is 0 Å². The van der Waals surface area contributed by atoms with E-state index in [4.69, 9.17) is 0 Å². The van der Waals surface area contributed by atoms with Crippen LogP contribution < -0.4 is 0 Å². The minimum absolute atomic E-state index is 0.504. The SMILES string of the molecule is FC(F)(F)C(F)(c1ccncc1)c1ccncc1. The fraction of sp³-hybridized carbons (Fsp3) is 0.167. The highest BCUT2D eigenvalue weighted by Crippen LogP contribution is 2.47. The summed E-state index contributed by atoms with van der Waals surface area (Å²) in [5, 5.41) is 0. The molecule has 0 spiro atoms. The maximum atomic E-state index is 14.6. The third-order valence-corrected chi connectivity index (χ3v) is 2.55. The lowest BCUT2D eigenvalue weighted by Crippen LogP contribution is -2.39. The van der Waals surface area contributed by atoms with Gasteiger partial charge in [0.05, 0.1) is 0 Å². The molecule has 2 aromatic heterocycles. The minimum Gasteiger partial charge on any atom is -0.265 e. The van der Waals surface area contributed by atoms with Crippen molar-refractivity contribution in [3.63, 3.8) is 0 Å². The molecule has 0 bridgehead atoms. The highest BCUT2D eigenvalue weighted by Gasteiger charge is 2.58. The first kappa shape index (κ1) is 12.5. The second-order valence-corrected chi connectivity index (χ2v) is 3.63. The number of hydrogen-bond acceptors (Lipinski definition) is 2. The number of alkyl halides is 4. The fourth-order valence-corrected chi connectivity index (χ4v) is 1.66. The molecule has 0 aliphatic rings. The Labute approximate surface area is 100 Å². The summed E-state index contributed by atoms with van der Waals surface area (Å²) in [6.45, 7) is 0. The van der Waals surface area contributed by atoms with E-state index < -0.39 is 23.0 Å². The highest BCUT2D eigenvalue weighted by atomic mass is 19.4. The third kappa shape index (κ3) is 1.94. The molecule has 0 aliphatic heterocycles. The van der Waals surface area contributed by atoms with Gasteiger partial charge in [0, 0.05) is 35.9 Å². The Morgan fingerprint density at radius 1 is 0.667 bits per heavy atom. The van der Waals surface area contributed by atoms with Crippen molar-refractivity contribution in [3.05, 3.63) is 60.2 Å². The van der Waals surface area contributed by atoms with Crippen molar-refractivity contribution in [2.24, 2.45) is 0 Å². The van der Waals surface area contributed by atoms with Crippen LogP contribution in [0.1, 0.15) is 11.1 Å². The Morgan fingerprint density at radius 2 is 1.00 bits per heavy atom. The Morgan fingerprint density at radius 3 is 1.28 bits per heavy atom. The number of aromatic nitrogens is 2. The molecule has 2 nitrogen and oxygen atoms in total. The number of halogens is 4. The lowest BCUT2D eigenvalue weighted by atomic mass is 9.89. The largest absolute Gasteiger partial charge is 0.431 e. The summed E-state index contributed by atoms with van der Waals surface area (Å²) in [6, 6.07) is 4.03. The molecule has 94 valence electrons. The Hall–Kier alpha value is -1.98. The third-order valence-electron chi connectivity index (χ3n) is 2.55. The smallest absolute Gasteiger partial charge is 0.265 e. The molecular weight excluding hydrogens is 248 g/mol. The molecule has 0 saturated carbocycles. The molecule has 0 atom stereocenters. The molecule has 0 saturated heterocycles. The summed E-state index contributed by atoms with van der Waals surface area (Å²) in [5.41, 5.74) is -4.56. The molecule has 2 heterocycles. The molecule has 2 rings (SSSR count). The average Bonchev–Trinajstić information content (AvgIpc) is 2.38. The van der Waals surface area contributed by atoms with Crippen molar-refractivity contribution < 1.29 is 17.6 Å². The van der Waals surface area contributed by atoms with E-state index in [-0.39, 0.29) is 0 Å². The van der Waals surface area contributed by atoms with Gasteiger partial charge in [-0.1, -0.05) is 0 Å². The predicted molar refractivity (Wildman–Crippen MR) is 56.4 cm³/mol. The summed E-state index contributed by atoms with van der Waals surface area (Å²) in [5.74, 6) is 0.